The summed E-state index contributed by atoms with van der Waals surface area (Å²) in [6, 6.07) is 22.7. The van der Waals surface area contributed by atoms with Gasteiger partial charge in [0.05, 0.1) is 24.9 Å². The molecule has 0 bridgehead atoms. The lowest BCUT2D eigenvalue weighted by atomic mass is 10.1. The lowest BCUT2D eigenvalue weighted by Crippen LogP contribution is -2.44. The number of hydrogen-bond donors (Lipinski definition) is 3. The molecule has 0 radical (unpaired) electrons. The number of carbonyl (C=O) groups is 2. The average Bonchev–Trinajstić information content (AvgIpc) is 3.33. The van der Waals surface area contributed by atoms with Gasteiger partial charge in [0.15, 0.2) is 0 Å². The predicted octanol–water partition coefficient (Wildman–Crippen LogP) is 4.04. The zero-order valence-corrected chi connectivity index (χ0v) is 19.8. The zero-order chi connectivity index (χ0) is 24.8. The van der Waals surface area contributed by atoms with E-state index in [4.69, 9.17) is 4.74 Å². The monoisotopic (exact) mass is 469 g/mol. The summed E-state index contributed by atoms with van der Waals surface area (Å²) >= 11 is 0. The minimum atomic E-state index is -0.482. The Balaban J connectivity index is 1.50. The number of methoxy groups -OCH3 is 1. The molecule has 8 heteroatoms. The topological polar surface area (TPSA) is 97.3 Å². The molecule has 8 nitrogen and oxygen atoms in total. The Morgan fingerprint density at radius 3 is 2.49 bits per heavy atom. The van der Waals surface area contributed by atoms with Crippen molar-refractivity contribution in [3.8, 4) is 22.7 Å². The number of hydrogen-bond acceptors (Lipinski definition) is 5. The first-order chi connectivity index (χ1) is 16.9. The van der Waals surface area contributed by atoms with Crippen molar-refractivity contribution in [3.05, 3.63) is 95.7 Å². The number of benzene rings is 3. The van der Waals surface area contributed by atoms with Gasteiger partial charge >= 0.3 is 0 Å². The average molecular weight is 470 g/mol. The second kappa shape index (κ2) is 10.6. The summed E-state index contributed by atoms with van der Waals surface area (Å²) in [7, 11) is 1.58. The van der Waals surface area contributed by atoms with Gasteiger partial charge in [-0.2, -0.15) is 5.10 Å². The molecule has 2 amide bonds. The Kier molecular flexibility index (Phi) is 7.11. The van der Waals surface area contributed by atoms with Gasteiger partial charge in [0.25, 0.3) is 11.8 Å². The highest BCUT2D eigenvalue weighted by atomic mass is 16.5. The minimum Gasteiger partial charge on any atom is -0.497 e. The van der Waals surface area contributed by atoms with Crippen LogP contribution in [0.25, 0.3) is 16.9 Å². The third kappa shape index (κ3) is 5.67. The van der Waals surface area contributed by atoms with Crippen molar-refractivity contribution in [1.82, 2.24) is 20.6 Å². The number of nitrogens with one attached hydrogen (secondary N) is 3. The number of nitrogens with zero attached hydrogens (tertiary/aromatic N) is 2. The van der Waals surface area contributed by atoms with E-state index in [1.54, 1.807) is 24.1 Å². The fourth-order valence-electron chi connectivity index (χ4n) is 3.66. The van der Waals surface area contributed by atoms with Gasteiger partial charge in [0.1, 0.15) is 11.4 Å². The normalized spacial score (nSPS) is 10.5. The highest BCUT2D eigenvalue weighted by Crippen LogP contribution is 2.27. The number of amides is 2. The molecule has 0 saturated carbocycles. The van der Waals surface area contributed by atoms with Crippen LogP contribution in [-0.2, 0) is 4.79 Å². The molecule has 3 aromatic carbocycles. The van der Waals surface area contributed by atoms with Crippen molar-refractivity contribution < 1.29 is 14.3 Å². The van der Waals surface area contributed by atoms with E-state index in [2.05, 4.69) is 21.3 Å². The standard InChI is InChI=1S/C27H27N5O3/c1-18-12-13-24(19(2)14-18)28-16-25(33)29-30-27(34)23-17-32(21-9-5-4-6-10-21)31-26(23)20-8-7-11-22(15-20)35-3/h4-15,17,28H,16H2,1-3H3,(H,29,33)(H,30,34). The van der Waals surface area contributed by atoms with Crippen molar-refractivity contribution in [3.63, 3.8) is 0 Å². The SMILES string of the molecule is COc1cccc(-c2nn(-c3ccccc3)cc2C(=O)NNC(=O)CNc2ccc(C)cc2C)c1. The van der Waals surface area contributed by atoms with Crippen LogP contribution in [0.1, 0.15) is 21.5 Å². The van der Waals surface area contributed by atoms with Crippen LogP contribution in [0.15, 0.2) is 79.0 Å². The number of rotatable bonds is 7. The molecule has 3 N–H and O–H groups in total. The van der Waals surface area contributed by atoms with Gasteiger partial charge in [-0.1, -0.05) is 48.0 Å². The molecular weight excluding hydrogens is 442 g/mol. The highest BCUT2D eigenvalue weighted by Gasteiger charge is 2.19. The summed E-state index contributed by atoms with van der Waals surface area (Å²) in [5.41, 5.74) is 10.3. The van der Waals surface area contributed by atoms with Crippen LogP contribution in [0, 0.1) is 13.8 Å². The Labute approximate surface area is 203 Å². The van der Waals surface area contributed by atoms with Gasteiger partial charge < -0.3 is 10.1 Å². The second-order valence-corrected chi connectivity index (χ2v) is 8.08. The van der Waals surface area contributed by atoms with E-state index in [0.29, 0.717) is 22.6 Å². The summed E-state index contributed by atoms with van der Waals surface area (Å²) in [5.74, 6) is -0.213. The molecule has 0 spiro atoms. The molecule has 35 heavy (non-hydrogen) atoms. The number of carbonyl (C=O) groups excluding carboxylic acids is 2. The molecule has 178 valence electrons. The van der Waals surface area contributed by atoms with Crippen LogP contribution in [-0.4, -0.2) is 35.2 Å². The maximum absolute atomic E-state index is 13.1. The maximum atomic E-state index is 13.1. The number of para-hydroxylation sites is 1. The molecule has 4 rings (SSSR count). The van der Waals surface area contributed by atoms with Crippen LogP contribution in [0.4, 0.5) is 5.69 Å². The number of aromatic nitrogens is 2. The largest absolute Gasteiger partial charge is 0.497 e. The van der Waals surface area contributed by atoms with E-state index in [9.17, 15) is 9.59 Å². The van der Waals surface area contributed by atoms with Crippen LogP contribution in [0.5, 0.6) is 5.75 Å². The lowest BCUT2D eigenvalue weighted by molar-refractivity contribution is -0.120. The molecular formula is C27H27N5O3. The fraction of sp³-hybridized carbons (Fsp3) is 0.148. The molecule has 0 aliphatic rings. The number of aryl methyl sites for hydroxylation is 2. The van der Waals surface area contributed by atoms with Crippen LogP contribution < -0.4 is 20.9 Å². The van der Waals surface area contributed by atoms with Crippen molar-refractivity contribution in [2.45, 2.75) is 13.8 Å². The van der Waals surface area contributed by atoms with Crippen LogP contribution in [0.2, 0.25) is 0 Å². The lowest BCUT2D eigenvalue weighted by Gasteiger charge is -2.11. The Hall–Kier alpha value is -4.59. The summed E-state index contributed by atoms with van der Waals surface area (Å²) in [6.45, 7) is 3.99. The van der Waals surface area contributed by atoms with E-state index in [1.165, 1.54) is 0 Å². The summed E-state index contributed by atoms with van der Waals surface area (Å²) in [4.78, 5) is 25.4. The van der Waals surface area contributed by atoms with E-state index in [1.807, 2.05) is 80.6 Å². The van der Waals surface area contributed by atoms with Gasteiger partial charge in [0.2, 0.25) is 0 Å². The van der Waals surface area contributed by atoms with Crippen LogP contribution >= 0.6 is 0 Å². The predicted molar refractivity (Wildman–Crippen MR) is 136 cm³/mol. The van der Waals surface area contributed by atoms with Crippen molar-refractivity contribution in [2.75, 3.05) is 19.0 Å². The number of anilines is 1. The minimum absolute atomic E-state index is 0.0101. The first kappa shape index (κ1) is 23.6. The molecule has 4 aromatic rings. The van der Waals surface area contributed by atoms with E-state index < -0.39 is 5.91 Å². The van der Waals surface area contributed by atoms with Gasteiger partial charge in [-0.3, -0.25) is 20.4 Å². The molecule has 0 atom stereocenters. The summed E-state index contributed by atoms with van der Waals surface area (Å²) in [6.07, 6.45) is 1.64. The maximum Gasteiger partial charge on any atom is 0.273 e. The number of hydrazine groups is 1. The molecule has 0 aliphatic heterocycles. The van der Waals surface area contributed by atoms with Gasteiger partial charge in [-0.05, 0) is 49.7 Å². The van der Waals surface area contributed by atoms with Gasteiger partial charge in [-0.15, -0.1) is 0 Å². The Morgan fingerprint density at radius 2 is 1.74 bits per heavy atom. The van der Waals surface area contributed by atoms with Gasteiger partial charge in [0, 0.05) is 17.4 Å². The van der Waals surface area contributed by atoms with Crippen LogP contribution in [0.3, 0.4) is 0 Å². The molecule has 0 fully saturated rings. The Bertz CT molecular complexity index is 1350. The quantitative estimate of drug-likeness (QED) is 0.355. The van der Waals surface area contributed by atoms with Crippen molar-refractivity contribution in [1.29, 1.82) is 0 Å². The molecule has 1 heterocycles. The van der Waals surface area contributed by atoms with E-state index in [-0.39, 0.29) is 12.5 Å². The summed E-state index contributed by atoms with van der Waals surface area (Å²) in [5, 5.41) is 7.73. The molecule has 0 saturated heterocycles. The smallest absolute Gasteiger partial charge is 0.273 e. The third-order valence-corrected chi connectivity index (χ3v) is 5.46. The molecule has 1 aromatic heterocycles. The zero-order valence-electron chi connectivity index (χ0n) is 19.8. The molecule has 0 unspecified atom stereocenters. The Morgan fingerprint density at radius 1 is 0.943 bits per heavy atom. The van der Waals surface area contributed by atoms with E-state index in [0.717, 1.165) is 22.5 Å². The van der Waals surface area contributed by atoms with E-state index >= 15 is 0 Å². The number of ether oxygens (including phenoxy) is 1. The second-order valence-electron chi connectivity index (χ2n) is 8.08. The van der Waals surface area contributed by atoms with Crippen molar-refractivity contribution >= 4 is 17.5 Å². The van der Waals surface area contributed by atoms with Gasteiger partial charge in [-0.25, -0.2) is 4.68 Å². The summed E-state index contributed by atoms with van der Waals surface area (Å²) < 4.78 is 6.96. The highest BCUT2D eigenvalue weighted by molar-refractivity contribution is 6.00. The first-order valence-corrected chi connectivity index (χ1v) is 11.1. The van der Waals surface area contributed by atoms with Crippen molar-refractivity contribution in [2.24, 2.45) is 0 Å². The third-order valence-electron chi connectivity index (χ3n) is 5.46. The fourth-order valence-corrected chi connectivity index (χ4v) is 3.66. The first-order valence-electron chi connectivity index (χ1n) is 11.1. The molecule has 0 aliphatic carbocycles.